The van der Waals surface area contributed by atoms with Crippen molar-refractivity contribution in [3.8, 4) is 0 Å². The van der Waals surface area contributed by atoms with Gasteiger partial charge in [0.1, 0.15) is 11.3 Å². The number of nitrogens with two attached hydrogens (primary N) is 1. The van der Waals surface area contributed by atoms with E-state index in [2.05, 4.69) is 111 Å². The highest BCUT2D eigenvalue weighted by atomic mass is 15.3. The van der Waals surface area contributed by atoms with Crippen molar-refractivity contribution in [3.63, 3.8) is 0 Å². The average Bonchev–Trinajstić information content (AvgIpc) is 3.45. The fraction of sp³-hybridized carbons (Fsp3) is 0.303. The smallest absolute Gasteiger partial charge is 0.203 e. The first-order chi connectivity index (χ1) is 18.7. The normalized spacial score (nSPS) is 16.4. The summed E-state index contributed by atoms with van der Waals surface area (Å²) in [5.74, 6) is 1.46. The number of anilines is 1. The molecule has 1 saturated carbocycles. The lowest BCUT2D eigenvalue weighted by Crippen LogP contribution is -2.33. The Labute approximate surface area is 224 Å². The highest BCUT2D eigenvalue weighted by molar-refractivity contribution is 5.77. The van der Waals surface area contributed by atoms with Crippen molar-refractivity contribution >= 4 is 17.0 Å². The van der Waals surface area contributed by atoms with E-state index < -0.39 is 0 Å². The number of nitrogens with zero attached hydrogens (tertiary/aromatic N) is 3. The molecule has 5 nitrogen and oxygen atoms in total. The standard InChI is InChI=1S/C33H35N5/c34-30-23-29(31-32(35-30)37-38-36-31)28(25-12-4-1-5-13-25)18-10-11-24-19-21-33(22-20-24,26-14-6-2-7-15-26)27-16-8-3-9-17-27/h1-9,12-17,23-24,28H,10-11,18-22H2,(H3,34,35,36,37,38). The second-order valence-electron chi connectivity index (χ2n) is 10.8. The zero-order valence-electron chi connectivity index (χ0n) is 21.8. The van der Waals surface area contributed by atoms with Gasteiger partial charge in [-0.2, -0.15) is 10.3 Å². The van der Waals surface area contributed by atoms with E-state index in [1.54, 1.807) is 0 Å². The van der Waals surface area contributed by atoms with Crippen LogP contribution in [0, 0.1) is 5.92 Å². The van der Waals surface area contributed by atoms with Crippen molar-refractivity contribution in [3.05, 3.63) is 119 Å². The number of nitrogens with one attached hydrogen (secondary N) is 1. The molecule has 0 radical (unpaired) electrons. The maximum atomic E-state index is 6.17. The van der Waals surface area contributed by atoms with Crippen LogP contribution in [-0.2, 0) is 5.41 Å². The van der Waals surface area contributed by atoms with Gasteiger partial charge < -0.3 is 5.73 Å². The molecular weight excluding hydrogens is 466 g/mol. The van der Waals surface area contributed by atoms with E-state index in [0.717, 1.165) is 29.8 Å². The quantitative estimate of drug-likeness (QED) is 0.232. The van der Waals surface area contributed by atoms with Gasteiger partial charge in [-0.05, 0) is 66.3 Å². The van der Waals surface area contributed by atoms with E-state index in [1.165, 1.54) is 48.8 Å². The molecule has 3 N–H and O–H groups in total. The van der Waals surface area contributed by atoms with Crippen molar-refractivity contribution in [2.75, 3.05) is 5.73 Å². The lowest BCUT2D eigenvalue weighted by atomic mass is 9.62. The summed E-state index contributed by atoms with van der Waals surface area (Å²) in [5.41, 5.74) is 13.0. The van der Waals surface area contributed by atoms with Crippen LogP contribution in [0.5, 0.6) is 0 Å². The summed E-state index contributed by atoms with van der Waals surface area (Å²) in [4.78, 5) is 4.36. The number of benzene rings is 3. The molecular formula is C33H35N5. The van der Waals surface area contributed by atoms with Gasteiger partial charge in [-0.1, -0.05) is 104 Å². The van der Waals surface area contributed by atoms with Crippen LogP contribution in [-0.4, -0.2) is 20.4 Å². The van der Waals surface area contributed by atoms with E-state index in [9.17, 15) is 0 Å². The topological polar surface area (TPSA) is 80.5 Å². The second-order valence-corrected chi connectivity index (χ2v) is 10.8. The highest BCUT2D eigenvalue weighted by Gasteiger charge is 2.38. The van der Waals surface area contributed by atoms with Gasteiger partial charge in [0, 0.05) is 11.3 Å². The number of rotatable bonds is 8. The molecule has 38 heavy (non-hydrogen) atoms. The minimum Gasteiger partial charge on any atom is -0.384 e. The Hall–Kier alpha value is -3.99. The molecule has 1 unspecified atom stereocenters. The molecule has 5 heteroatoms. The third kappa shape index (κ3) is 4.81. The van der Waals surface area contributed by atoms with Gasteiger partial charge in [-0.3, -0.25) is 0 Å². The van der Waals surface area contributed by atoms with Gasteiger partial charge in [0.05, 0.1) is 0 Å². The first kappa shape index (κ1) is 24.4. The van der Waals surface area contributed by atoms with Crippen LogP contribution in [0.2, 0.25) is 0 Å². The second kappa shape index (κ2) is 10.8. The SMILES string of the molecule is Nc1cc(C(CCCC2CCC(c3ccccc3)(c3ccccc3)CC2)c2ccccc2)c2n[nH]nc2n1. The molecule has 0 spiro atoms. The first-order valence-electron chi connectivity index (χ1n) is 13.9. The minimum absolute atomic E-state index is 0.124. The highest BCUT2D eigenvalue weighted by Crippen LogP contribution is 2.47. The maximum Gasteiger partial charge on any atom is 0.203 e. The minimum atomic E-state index is 0.124. The van der Waals surface area contributed by atoms with Gasteiger partial charge in [0.25, 0.3) is 0 Å². The molecule has 6 rings (SSSR count). The lowest BCUT2D eigenvalue weighted by molar-refractivity contribution is 0.250. The van der Waals surface area contributed by atoms with Crippen molar-refractivity contribution in [2.45, 2.75) is 56.3 Å². The Kier molecular flexibility index (Phi) is 6.91. The molecule has 0 amide bonds. The Morgan fingerprint density at radius 1 is 0.816 bits per heavy atom. The Bertz CT molecular complexity index is 1410. The van der Waals surface area contributed by atoms with Gasteiger partial charge in [-0.15, -0.1) is 5.10 Å². The molecule has 0 saturated heterocycles. The average molecular weight is 502 g/mol. The molecule has 1 atom stereocenters. The van der Waals surface area contributed by atoms with Crippen LogP contribution in [0.25, 0.3) is 11.2 Å². The van der Waals surface area contributed by atoms with Crippen LogP contribution in [0.4, 0.5) is 5.82 Å². The summed E-state index contributed by atoms with van der Waals surface area (Å²) in [7, 11) is 0. The van der Waals surface area contributed by atoms with Gasteiger partial charge in [0.2, 0.25) is 5.65 Å². The Morgan fingerprint density at radius 2 is 1.42 bits per heavy atom. The number of aromatic amines is 1. The molecule has 0 aliphatic heterocycles. The monoisotopic (exact) mass is 501 g/mol. The van der Waals surface area contributed by atoms with Gasteiger partial charge in [-0.25, -0.2) is 4.98 Å². The Balaban J connectivity index is 1.18. The summed E-state index contributed by atoms with van der Waals surface area (Å²) in [6, 6.07) is 35.0. The summed E-state index contributed by atoms with van der Waals surface area (Å²) >= 11 is 0. The fourth-order valence-corrected chi connectivity index (χ4v) is 6.66. The largest absolute Gasteiger partial charge is 0.384 e. The summed E-state index contributed by atoms with van der Waals surface area (Å²) in [6.07, 6.45) is 8.38. The molecule has 2 heterocycles. The van der Waals surface area contributed by atoms with Crippen LogP contribution in [0.1, 0.15) is 73.1 Å². The van der Waals surface area contributed by atoms with Crippen molar-refractivity contribution in [1.29, 1.82) is 0 Å². The lowest BCUT2D eigenvalue weighted by Gasteiger charge is -2.41. The van der Waals surface area contributed by atoms with Crippen LogP contribution in [0.15, 0.2) is 97.1 Å². The molecule has 192 valence electrons. The van der Waals surface area contributed by atoms with Crippen LogP contribution < -0.4 is 5.73 Å². The van der Waals surface area contributed by atoms with Crippen molar-refractivity contribution in [1.82, 2.24) is 20.4 Å². The molecule has 1 aliphatic carbocycles. The van der Waals surface area contributed by atoms with Crippen LogP contribution in [0.3, 0.4) is 0 Å². The molecule has 3 aromatic carbocycles. The summed E-state index contributed by atoms with van der Waals surface area (Å²) in [6.45, 7) is 0. The number of fused-ring (bicyclic) bond motifs is 1. The third-order valence-electron chi connectivity index (χ3n) is 8.64. The van der Waals surface area contributed by atoms with E-state index in [1.807, 2.05) is 6.07 Å². The number of H-pyrrole nitrogens is 1. The molecule has 1 fully saturated rings. The van der Waals surface area contributed by atoms with E-state index in [4.69, 9.17) is 5.73 Å². The maximum absolute atomic E-state index is 6.17. The summed E-state index contributed by atoms with van der Waals surface area (Å²) in [5, 5.41) is 11.4. The molecule has 5 aromatic rings. The number of pyridine rings is 1. The van der Waals surface area contributed by atoms with E-state index in [0.29, 0.717) is 11.5 Å². The zero-order valence-corrected chi connectivity index (χ0v) is 21.8. The summed E-state index contributed by atoms with van der Waals surface area (Å²) < 4.78 is 0. The molecule has 0 bridgehead atoms. The Morgan fingerprint density at radius 3 is 2.05 bits per heavy atom. The van der Waals surface area contributed by atoms with Gasteiger partial charge in [0.15, 0.2) is 0 Å². The third-order valence-corrected chi connectivity index (χ3v) is 8.64. The zero-order chi connectivity index (χ0) is 25.8. The molecule has 1 aliphatic rings. The number of hydrogen-bond acceptors (Lipinski definition) is 4. The van der Waals surface area contributed by atoms with Gasteiger partial charge >= 0.3 is 0 Å². The number of aromatic nitrogens is 4. The number of nitrogen functional groups attached to an aromatic ring is 1. The van der Waals surface area contributed by atoms with Crippen LogP contribution >= 0.6 is 0 Å². The van der Waals surface area contributed by atoms with Crippen molar-refractivity contribution in [2.24, 2.45) is 5.92 Å². The fourth-order valence-electron chi connectivity index (χ4n) is 6.66. The predicted molar refractivity (Wildman–Crippen MR) is 154 cm³/mol. The predicted octanol–water partition coefficient (Wildman–Crippen LogP) is 7.41. The number of hydrogen-bond donors (Lipinski definition) is 2. The first-order valence-corrected chi connectivity index (χ1v) is 13.9. The van der Waals surface area contributed by atoms with E-state index in [-0.39, 0.29) is 11.3 Å². The van der Waals surface area contributed by atoms with E-state index >= 15 is 0 Å². The van der Waals surface area contributed by atoms with Crippen molar-refractivity contribution < 1.29 is 0 Å². The molecule has 2 aromatic heterocycles.